The summed E-state index contributed by atoms with van der Waals surface area (Å²) in [5.41, 5.74) is 5.00. The normalized spacial score (nSPS) is 23.2. The molecule has 1 aliphatic carbocycles. The number of nitrogens with zero attached hydrogens (tertiary/aromatic N) is 4. The molecular weight excluding hydrogens is 414 g/mol. The van der Waals surface area contributed by atoms with Crippen LogP contribution in [0.25, 0.3) is 32.9 Å². The van der Waals surface area contributed by atoms with Gasteiger partial charge in [-0.3, -0.25) is 4.98 Å². The molecule has 2 aromatic heterocycles. The van der Waals surface area contributed by atoms with Crippen molar-refractivity contribution in [1.29, 1.82) is 0 Å². The number of aromatic nitrogens is 3. The molecule has 2 bridgehead atoms. The SMILES string of the molecule is COc1nc(N2CC3CCC(C2)N3)c2cnc3c(c2n1)C(C)c1cccc2cc(O)cc-3c12. The van der Waals surface area contributed by atoms with Crippen LogP contribution in [0.15, 0.2) is 36.5 Å². The van der Waals surface area contributed by atoms with Crippen molar-refractivity contribution < 1.29 is 9.84 Å². The second kappa shape index (κ2) is 6.78. The molecule has 7 rings (SSSR count). The van der Waals surface area contributed by atoms with Gasteiger partial charge in [0, 0.05) is 48.4 Å². The highest BCUT2D eigenvalue weighted by Gasteiger charge is 2.35. The van der Waals surface area contributed by atoms with E-state index in [1.54, 1.807) is 7.11 Å². The van der Waals surface area contributed by atoms with Crippen molar-refractivity contribution in [3.63, 3.8) is 0 Å². The Morgan fingerprint density at radius 1 is 1.12 bits per heavy atom. The van der Waals surface area contributed by atoms with E-state index >= 15 is 0 Å². The van der Waals surface area contributed by atoms with Crippen molar-refractivity contribution in [1.82, 2.24) is 20.3 Å². The summed E-state index contributed by atoms with van der Waals surface area (Å²) in [6, 6.07) is 11.3. The molecule has 7 heteroatoms. The summed E-state index contributed by atoms with van der Waals surface area (Å²) < 4.78 is 5.57. The molecule has 0 radical (unpaired) electrons. The topological polar surface area (TPSA) is 83.4 Å². The second-order valence-corrected chi connectivity index (χ2v) is 9.52. The van der Waals surface area contributed by atoms with Crippen LogP contribution >= 0.6 is 0 Å². The molecule has 7 nitrogen and oxygen atoms in total. The summed E-state index contributed by atoms with van der Waals surface area (Å²) in [6.45, 7) is 4.06. The van der Waals surface area contributed by atoms with Crippen LogP contribution in [0.2, 0.25) is 0 Å². The van der Waals surface area contributed by atoms with E-state index in [4.69, 9.17) is 19.7 Å². The number of methoxy groups -OCH3 is 1. The maximum atomic E-state index is 10.4. The average molecular weight is 440 g/mol. The molecule has 2 fully saturated rings. The van der Waals surface area contributed by atoms with Crippen molar-refractivity contribution in [2.75, 3.05) is 25.1 Å². The van der Waals surface area contributed by atoms with Crippen LogP contribution in [0, 0.1) is 0 Å². The third-order valence-electron chi connectivity index (χ3n) is 7.59. The van der Waals surface area contributed by atoms with Crippen molar-refractivity contribution in [3.05, 3.63) is 47.7 Å². The van der Waals surface area contributed by atoms with Crippen molar-refractivity contribution in [3.8, 4) is 23.0 Å². The largest absolute Gasteiger partial charge is 0.508 e. The van der Waals surface area contributed by atoms with Crippen LogP contribution in [0.5, 0.6) is 11.8 Å². The smallest absolute Gasteiger partial charge is 0.318 e. The summed E-state index contributed by atoms with van der Waals surface area (Å²) in [7, 11) is 1.62. The number of benzene rings is 2. The molecule has 0 amide bonds. The number of hydrogen-bond donors (Lipinski definition) is 2. The van der Waals surface area contributed by atoms with Crippen LogP contribution in [-0.4, -0.2) is 52.3 Å². The minimum atomic E-state index is 0.101. The molecule has 2 aromatic carbocycles. The zero-order chi connectivity index (χ0) is 22.3. The van der Waals surface area contributed by atoms with Gasteiger partial charge in [0.1, 0.15) is 11.6 Å². The molecule has 2 aliphatic heterocycles. The highest BCUT2D eigenvalue weighted by molar-refractivity contribution is 6.06. The van der Waals surface area contributed by atoms with Gasteiger partial charge in [-0.1, -0.05) is 25.1 Å². The van der Waals surface area contributed by atoms with Gasteiger partial charge in [-0.15, -0.1) is 0 Å². The van der Waals surface area contributed by atoms with E-state index in [0.717, 1.165) is 57.4 Å². The predicted molar refractivity (Wildman–Crippen MR) is 128 cm³/mol. The first-order valence-corrected chi connectivity index (χ1v) is 11.6. The fraction of sp³-hybridized carbons (Fsp3) is 0.346. The maximum absolute atomic E-state index is 10.4. The summed E-state index contributed by atoms with van der Waals surface area (Å²) >= 11 is 0. The Bertz CT molecular complexity index is 1440. The predicted octanol–water partition coefficient (Wildman–Crippen LogP) is 3.97. The Morgan fingerprint density at radius 2 is 1.94 bits per heavy atom. The highest BCUT2D eigenvalue weighted by atomic mass is 16.5. The molecule has 3 aliphatic rings. The number of rotatable bonds is 2. The highest BCUT2D eigenvalue weighted by Crippen LogP contribution is 2.48. The van der Waals surface area contributed by atoms with Crippen molar-refractivity contribution in [2.45, 2.75) is 37.8 Å². The number of fused-ring (bicyclic) bond motifs is 6. The number of piperazine rings is 1. The molecule has 0 saturated carbocycles. The maximum Gasteiger partial charge on any atom is 0.318 e. The summed E-state index contributed by atoms with van der Waals surface area (Å²) in [6.07, 6.45) is 4.32. The Labute approximate surface area is 191 Å². The van der Waals surface area contributed by atoms with E-state index < -0.39 is 0 Å². The minimum Gasteiger partial charge on any atom is -0.508 e. The van der Waals surface area contributed by atoms with E-state index in [9.17, 15) is 5.11 Å². The lowest BCUT2D eigenvalue weighted by atomic mass is 9.79. The number of phenols is 1. The number of nitrogens with one attached hydrogen (secondary N) is 1. The first-order valence-electron chi connectivity index (χ1n) is 11.6. The zero-order valence-corrected chi connectivity index (χ0v) is 18.7. The summed E-state index contributed by atoms with van der Waals surface area (Å²) in [4.78, 5) is 17.0. The second-order valence-electron chi connectivity index (χ2n) is 9.52. The lowest BCUT2D eigenvalue weighted by Crippen LogP contribution is -2.51. The van der Waals surface area contributed by atoms with E-state index in [-0.39, 0.29) is 11.7 Å². The van der Waals surface area contributed by atoms with Gasteiger partial charge >= 0.3 is 6.01 Å². The van der Waals surface area contributed by atoms with Gasteiger partial charge in [0.25, 0.3) is 0 Å². The lowest BCUT2D eigenvalue weighted by Gasteiger charge is -2.34. The van der Waals surface area contributed by atoms with Crippen LogP contribution < -0.4 is 15.0 Å². The zero-order valence-electron chi connectivity index (χ0n) is 18.7. The first-order chi connectivity index (χ1) is 16.1. The fourth-order valence-electron chi connectivity index (χ4n) is 6.14. The first kappa shape index (κ1) is 19.1. The van der Waals surface area contributed by atoms with E-state index in [0.29, 0.717) is 18.1 Å². The molecule has 3 unspecified atom stereocenters. The molecule has 2 N–H and O–H groups in total. The Balaban J connectivity index is 1.51. The number of anilines is 1. The molecule has 4 aromatic rings. The molecule has 0 spiro atoms. The number of hydrogen-bond acceptors (Lipinski definition) is 7. The van der Waals surface area contributed by atoms with Crippen molar-refractivity contribution in [2.24, 2.45) is 0 Å². The van der Waals surface area contributed by atoms with Gasteiger partial charge in [0.2, 0.25) is 0 Å². The molecular formula is C26H25N5O2. The van der Waals surface area contributed by atoms with Crippen LogP contribution in [-0.2, 0) is 0 Å². The lowest BCUT2D eigenvalue weighted by molar-refractivity contribution is 0.380. The number of phenolic OH excluding ortho intramolecular Hbond substituents is 1. The van der Waals surface area contributed by atoms with Gasteiger partial charge in [-0.2, -0.15) is 9.97 Å². The van der Waals surface area contributed by atoms with Gasteiger partial charge < -0.3 is 20.1 Å². The number of aromatic hydroxyl groups is 1. The van der Waals surface area contributed by atoms with Crippen LogP contribution in [0.3, 0.4) is 0 Å². The third-order valence-corrected chi connectivity index (χ3v) is 7.59. The Hall–Kier alpha value is -3.45. The van der Waals surface area contributed by atoms with Gasteiger partial charge in [-0.05, 0) is 41.3 Å². The van der Waals surface area contributed by atoms with Crippen LogP contribution in [0.4, 0.5) is 5.82 Å². The van der Waals surface area contributed by atoms with Gasteiger partial charge in [0.05, 0.1) is 23.7 Å². The summed E-state index contributed by atoms with van der Waals surface area (Å²) in [5.74, 6) is 1.25. The van der Waals surface area contributed by atoms with Crippen LogP contribution in [0.1, 0.15) is 36.8 Å². The van der Waals surface area contributed by atoms with Gasteiger partial charge in [-0.25, -0.2) is 0 Å². The quantitative estimate of drug-likeness (QED) is 0.489. The standard InChI is InChI=1S/C26H25N5O2/c1-13-18-5-3-4-14-8-17(32)9-19(22(14)18)23-21(13)24-20(10-27-23)25(30-26(29-24)33-2)31-11-15-6-7-16(12-31)28-15/h3-5,8-10,13,15-16,28,32H,6-7,11-12H2,1-2H3. The minimum absolute atomic E-state index is 0.101. The molecule has 4 heterocycles. The molecule has 33 heavy (non-hydrogen) atoms. The number of pyridine rings is 1. The molecule has 166 valence electrons. The van der Waals surface area contributed by atoms with Crippen molar-refractivity contribution >= 4 is 27.5 Å². The Kier molecular flexibility index (Phi) is 3.91. The number of ether oxygens (including phenoxy) is 1. The van der Waals surface area contributed by atoms with E-state index in [1.807, 2.05) is 24.4 Å². The van der Waals surface area contributed by atoms with E-state index in [1.165, 1.54) is 18.4 Å². The fourth-order valence-corrected chi connectivity index (χ4v) is 6.14. The summed E-state index contributed by atoms with van der Waals surface area (Å²) in [5, 5.41) is 17.3. The molecule has 2 saturated heterocycles. The third kappa shape index (κ3) is 2.69. The monoisotopic (exact) mass is 439 g/mol. The van der Waals surface area contributed by atoms with E-state index in [2.05, 4.69) is 29.3 Å². The average Bonchev–Trinajstić information content (AvgIpc) is 3.17. The van der Waals surface area contributed by atoms with Gasteiger partial charge in [0.15, 0.2) is 0 Å². The Morgan fingerprint density at radius 3 is 2.73 bits per heavy atom. The molecule has 3 atom stereocenters.